The van der Waals surface area contributed by atoms with Gasteiger partial charge in [0.1, 0.15) is 33.5 Å². The summed E-state index contributed by atoms with van der Waals surface area (Å²) in [6, 6.07) is 90.3. The van der Waals surface area contributed by atoms with E-state index in [0.29, 0.717) is 0 Å². The van der Waals surface area contributed by atoms with E-state index in [2.05, 4.69) is 254 Å². The van der Waals surface area contributed by atoms with Crippen molar-refractivity contribution in [2.45, 2.75) is 13.8 Å². The normalized spacial score (nSPS) is 12.0. The van der Waals surface area contributed by atoms with Crippen molar-refractivity contribution in [2.75, 3.05) is 9.80 Å². The minimum Gasteiger partial charge on any atom is -0.455 e. The molecule has 0 N–H and O–H groups in total. The SMILES string of the molecule is Cc1ccccc1N(c1ccc2cc3c(cc2c1)oc1c(-c2ccccc2)c(-c2ccccc2)c2oc4cc5cc(N(c6ccccc6C)c6cccc7c6oc6ccccc67)ccc5cc4c2c13)c1cccc2c1oc1ccccc12. The van der Waals surface area contributed by atoms with Crippen LogP contribution in [-0.2, 0) is 0 Å². The van der Waals surface area contributed by atoms with Crippen molar-refractivity contribution in [1.82, 2.24) is 0 Å². The van der Waals surface area contributed by atoms with Gasteiger partial charge in [0.15, 0.2) is 11.2 Å². The van der Waals surface area contributed by atoms with E-state index in [1.807, 2.05) is 24.3 Å². The number of aryl methyl sites for hydroxylation is 2. The standard InChI is InChI=1S/C76H48N2O4/c1-45-19-9-13-29-61(45)77(63-31-17-27-57-55-25-11-15-33-65(55)79-73(57)63)53-37-35-49-41-59-67(43-51(49)39-53)81-75-69(47-21-5-3-6-22-47)70(48-23-7-4-8-24-48)76-72(71(59)75)60-42-50-36-38-54(40-52(50)44-68(60)82-76)78(62-30-14-10-20-46(62)2)64-32-18-28-58-56-26-12-16-34-66(56)80-74(58)64/h3-44H,1-2H3. The van der Waals surface area contributed by atoms with Gasteiger partial charge in [-0.25, -0.2) is 0 Å². The van der Waals surface area contributed by atoms with Gasteiger partial charge < -0.3 is 27.5 Å². The monoisotopic (exact) mass is 1050 g/mol. The van der Waals surface area contributed by atoms with Crippen LogP contribution < -0.4 is 9.80 Å². The first-order valence-corrected chi connectivity index (χ1v) is 27.9. The number of rotatable bonds is 8. The third kappa shape index (κ3) is 6.95. The van der Waals surface area contributed by atoms with Crippen molar-refractivity contribution in [3.05, 3.63) is 266 Å². The van der Waals surface area contributed by atoms with Gasteiger partial charge in [0.05, 0.1) is 11.4 Å². The highest BCUT2D eigenvalue weighted by Gasteiger charge is 2.29. The molecule has 0 aliphatic rings. The predicted molar refractivity (Wildman–Crippen MR) is 340 cm³/mol. The zero-order chi connectivity index (χ0) is 54.2. The highest BCUT2D eigenvalue weighted by molar-refractivity contribution is 6.33. The lowest BCUT2D eigenvalue weighted by molar-refractivity contribution is 0.665. The summed E-state index contributed by atoms with van der Waals surface area (Å²) in [7, 11) is 0. The van der Waals surface area contributed by atoms with Crippen molar-refractivity contribution in [2.24, 2.45) is 0 Å². The fraction of sp³-hybridized carbons (Fsp3) is 0.0263. The molecule has 4 aromatic heterocycles. The molecule has 0 saturated heterocycles. The van der Waals surface area contributed by atoms with E-state index >= 15 is 0 Å². The number of nitrogens with zero attached hydrogens (tertiary/aromatic N) is 2. The summed E-state index contributed by atoms with van der Waals surface area (Å²) in [5.74, 6) is 0. The molecule has 0 radical (unpaired) electrons. The molecule has 0 fully saturated rings. The minimum absolute atomic E-state index is 0.792. The van der Waals surface area contributed by atoms with Gasteiger partial charge in [-0.3, -0.25) is 0 Å². The topological polar surface area (TPSA) is 59.0 Å². The van der Waals surface area contributed by atoms with Crippen LogP contribution in [0.5, 0.6) is 0 Å². The second-order valence-electron chi connectivity index (χ2n) is 21.6. The van der Waals surface area contributed by atoms with Gasteiger partial charge in [0.2, 0.25) is 0 Å². The van der Waals surface area contributed by atoms with Gasteiger partial charge >= 0.3 is 0 Å². The number of benzene rings is 13. The Balaban J connectivity index is 0.903. The summed E-state index contributed by atoms with van der Waals surface area (Å²) in [5, 5.41) is 12.7. The minimum atomic E-state index is 0.792. The van der Waals surface area contributed by atoms with E-state index in [9.17, 15) is 0 Å². The molecule has 17 aromatic rings. The predicted octanol–water partition coefficient (Wildman–Crippen LogP) is 22.5. The molecule has 0 bridgehead atoms. The first-order valence-electron chi connectivity index (χ1n) is 27.9. The molecule has 82 heavy (non-hydrogen) atoms. The van der Waals surface area contributed by atoms with E-state index in [1.54, 1.807) is 0 Å². The van der Waals surface area contributed by atoms with Crippen molar-refractivity contribution >= 4 is 143 Å². The molecule has 17 rings (SSSR count). The molecule has 6 heteroatoms. The van der Waals surface area contributed by atoms with Crippen LogP contribution in [0.3, 0.4) is 0 Å². The summed E-state index contributed by atoms with van der Waals surface area (Å²) >= 11 is 0. The lowest BCUT2D eigenvalue weighted by Gasteiger charge is -2.27. The summed E-state index contributed by atoms with van der Waals surface area (Å²) in [5.41, 5.74) is 19.1. The number of fused-ring (bicyclic) bond motifs is 15. The highest BCUT2D eigenvalue weighted by atomic mass is 16.3. The Morgan fingerprint density at radius 3 is 1.09 bits per heavy atom. The van der Waals surface area contributed by atoms with Crippen LogP contribution in [0.2, 0.25) is 0 Å². The van der Waals surface area contributed by atoms with Crippen molar-refractivity contribution in [3.8, 4) is 22.3 Å². The maximum Gasteiger partial charge on any atom is 0.159 e. The van der Waals surface area contributed by atoms with Crippen molar-refractivity contribution in [1.29, 1.82) is 0 Å². The maximum absolute atomic E-state index is 7.40. The first-order chi connectivity index (χ1) is 40.5. The lowest BCUT2D eigenvalue weighted by atomic mass is 9.89. The molecule has 0 amide bonds. The molecule has 386 valence electrons. The van der Waals surface area contributed by atoms with Crippen LogP contribution in [0, 0.1) is 13.8 Å². The van der Waals surface area contributed by atoms with Crippen LogP contribution >= 0.6 is 0 Å². The Morgan fingerprint density at radius 2 is 0.634 bits per heavy atom. The molecule has 4 heterocycles. The van der Waals surface area contributed by atoms with Crippen LogP contribution in [0.4, 0.5) is 34.1 Å². The molecule has 13 aromatic carbocycles. The lowest BCUT2D eigenvalue weighted by Crippen LogP contribution is -2.11. The summed E-state index contributed by atoms with van der Waals surface area (Å²) in [6.45, 7) is 4.33. The second kappa shape index (κ2) is 17.8. The van der Waals surface area contributed by atoms with Crippen LogP contribution in [0.1, 0.15) is 11.1 Å². The molecule has 0 spiro atoms. The number of anilines is 6. The molecule has 0 unspecified atom stereocenters. The van der Waals surface area contributed by atoms with Gasteiger partial charge in [0, 0.05) is 77.0 Å². The van der Waals surface area contributed by atoms with Gasteiger partial charge in [-0.15, -0.1) is 0 Å². The van der Waals surface area contributed by atoms with E-state index in [0.717, 1.165) is 177 Å². The van der Waals surface area contributed by atoms with E-state index < -0.39 is 0 Å². The molecule has 0 atom stereocenters. The molecular formula is C76H48N2O4. The second-order valence-corrected chi connectivity index (χ2v) is 21.6. The third-order valence-corrected chi connectivity index (χ3v) is 16.8. The Bertz CT molecular complexity index is 5110. The van der Waals surface area contributed by atoms with Crippen LogP contribution in [0.15, 0.2) is 272 Å². The van der Waals surface area contributed by atoms with E-state index in [4.69, 9.17) is 17.7 Å². The van der Waals surface area contributed by atoms with Gasteiger partial charge in [-0.05, 0) is 143 Å². The van der Waals surface area contributed by atoms with Gasteiger partial charge in [0.25, 0.3) is 0 Å². The van der Waals surface area contributed by atoms with Gasteiger partial charge in [-0.2, -0.15) is 0 Å². The molecule has 0 saturated carbocycles. The molecule has 6 nitrogen and oxygen atoms in total. The summed E-state index contributed by atoms with van der Waals surface area (Å²) < 4.78 is 28.2. The molecule has 0 aliphatic carbocycles. The Hall–Kier alpha value is -10.8. The zero-order valence-corrected chi connectivity index (χ0v) is 44.8. The third-order valence-electron chi connectivity index (χ3n) is 16.8. The van der Waals surface area contributed by atoms with Crippen LogP contribution in [0.25, 0.3) is 132 Å². The van der Waals surface area contributed by atoms with Crippen molar-refractivity contribution < 1.29 is 17.7 Å². The number of hydrogen-bond acceptors (Lipinski definition) is 6. The summed E-state index contributed by atoms with van der Waals surface area (Å²) in [4.78, 5) is 4.66. The number of hydrogen-bond donors (Lipinski definition) is 0. The molecular weight excluding hydrogens is 1000 g/mol. The van der Waals surface area contributed by atoms with Crippen molar-refractivity contribution in [3.63, 3.8) is 0 Å². The smallest absolute Gasteiger partial charge is 0.159 e. The Morgan fingerprint density at radius 1 is 0.256 bits per heavy atom. The highest BCUT2D eigenvalue weighted by Crippen LogP contribution is 2.53. The fourth-order valence-corrected chi connectivity index (χ4v) is 13.0. The fourth-order valence-electron chi connectivity index (χ4n) is 13.0. The quantitative estimate of drug-likeness (QED) is 0.151. The van der Waals surface area contributed by atoms with E-state index in [-0.39, 0.29) is 0 Å². The average molecular weight is 1050 g/mol. The maximum atomic E-state index is 7.40. The summed E-state index contributed by atoms with van der Waals surface area (Å²) in [6.07, 6.45) is 0. The molecule has 0 aliphatic heterocycles. The largest absolute Gasteiger partial charge is 0.455 e. The number of furan rings is 4. The zero-order valence-electron chi connectivity index (χ0n) is 44.8. The van der Waals surface area contributed by atoms with Crippen LogP contribution in [-0.4, -0.2) is 0 Å². The first kappa shape index (κ1) is 46.1. The Labute approximate surface area is 470 Å². The van der Waals surface area contributed by atoms with Gasteiger partial charge in [-0.1, -0.05) is 170 Å². The average Bonchev–Trinajstić information content (AvgIpc) is 3.64. The Kier molecular flexibility index (Phi) is 10.0. The number of para-hydroxylation sites is 6. The van der Waals surface area contributed by atoms with E-state index in [1.165, 1.54) is 0 Å².